The van der Waals surface area contributed by atoms with Crippen molar-refractivity contribution < 1.29 is 9.90 Å². The van der Waals surface area contributed by atoms with Crippen molar-refractivity contribution in [3.8, 4) is 0 Å². The molecule has 17 heavy (non-hydrogen) atoms. The van der Waals surface area contributed by atoms with Gasteiger partial charge in [0.25, 0.3) is 0 Å². The summed E-state index contributed by atoms with van der Waals surface area (Å²) >= 11 is 6.07. The Morgan fingerprint density at radius 3 is 2.59 bits per heavy atom. The van der Waals surface area contributed by atoms with Crippen LogP contribution >= 0.6 is 11.6 Å². The third kappa shape index (κ3) is 2.99. The number of hydrogen-bond donors (Lipinski definition) is 1. The summed E-state index contributed by atoms with van der Waals surface area (Å²) < 4.78 is 0. The minimum absolute atomic E-state index is 0.447. The second-order valence-electron chi connectivity index (χ2n) is 4.39. The summed E-state index contributed by atoms with van der Waals surface area (Å²) in [5.41, 5.74) is 0.911. The summed E-state index contributed by atoms with van der Waals surface area (Å²) in [6.45, 7) is 1.75. The number of halogens is 1. The number of rotatable bonds is 4. The van der Waals surface area contributed by atoms with Crippen LogP contribution in [0.3, 0.4) is 0 Å². The van der Waals surface area contributed by atoms with E-state index in [0.29, 0.717) is 11.4 Å². The summed E-state index contributed by atoms with van der Waals surface area (Å²) in [6, 6.07) is 7.01. The van der Waals surface area contributed by atoms with Gasteiger partial charge in [-0.25, -0.2) is 0 Å². The van der Waals surface area contributed by atoms with E-state index < -0.39 is 12.0 Å². The van der Waals surface area contributed by atoms with E-state index in [-0.39, 0.29) is 0 Å². The molecule has 1 aliphatic rings. The number of aliphatic carboxylic acids is 1. The number of hydrogen-bond acceptors (Lipinski definition) is 2. The molecule has 1 N–H and O–H groups in total. The Bertz CT molecular complexity index is 402. The molecule has 1 aliphatic heterocycles. The van der Waals surface area contributed by atoms with Gasteiger partial charge in [-0.3, -0.25) is 9.69 Å². The van der Waals surface area contributed by atoms with Crippen molar-refractivity contribution >= 4 is 17.6 Å². The van der Waals surface area contributed by atoms with Crippen LogP contribution in [0.4, 0.5) is 0 Å². The number of carbonyl (C=O) groups is 1. The van der Waals surface area contributed by atoms with Crippen LogP contribution in [0.1, 0.15) is 18.4 Å². The lowest BCUT2D eigenvalue weighted by Gasteiger charge is -2.24. The monoisotopic (exact) mass is 253 g/mol. The first-order valence-electron chi connectivity index (χ1n) is 5.89. The zero-order valence-electron chi connectivity index (χ0n) is 9.60. The average molecular weight is 254 g/mol. The van der Waals surface area contributed by atoms with Crippen molar-refractivity contribution in [2.24, 2.45) is 0 Å². The van der Waals surface area contributed by atoms with Gasteiger partial charge in [-0.1, -0.05) is 29.8 Å². The third-order valence-electron chi connectivity index (χ3n) is 3.24. The SMILES string of the molecule is O=C(O)[C@H](Cc1ccccc1Cl)N1CCCC1. The van der Waals surface area contributed by atoms with Crippen LogP contribution in [-0.2, 0) is 11.2 Å². The van der Waals surface area contributed by atoms with Gasteiger partial charge in [0, 0.05) is 11.4 Å². The molecule has 0 amide bonds. The molecule has 0 bridgehead atoms. The maximum absolute atomic E-state index is 11.3. The Labute approximate surface area is 106 Å². The number of carboxylic acids is 1. The molecule has 1 saturated heterocycles. The van der Waals surface area contributed by atoms with E-state index in [0.717, 1.165) is 31.5 Å². The normalized spacial score (nSPS) is 18.2. The molecular weight excluding hydrogens is 238 g/mol. The van der Waals surface area contributed by atoms with Crippen molar-refractivity contribution in [1.82, 2.24) is 4.90 Å². The molecular formula is C13H16ClNO2. The van der Waals surface area contributed by atoms with Crippen molar-refractivity contribution in [2.45, 2.75) is 25.3 Å². The molecule has 1 heterocycles. The van der Waals surface area contributed by atoms with Gasteiger partial charge in [-0.2, -0.15) is 0 Å². The van der Waals surface area contributed by atoms with E-state index in [9.17, 15) is 9.90 Å². The lowest BCUT2D eigenvalue weighted by Crippen LogP contribution is -2.40. The predicted molar refractivity (Wildman–Crippen MR) is 67.4 cm³/mol. The van der Waals surface area contributed by atoms with Gasteiger partial charge >= 0.3 is 5.97 Å². The quantitative estimate of drug-likeness (QED) is 0.896. The third-order valence-corrected chi connectivity index (χ3v) is 3.61. The van der Waals surface area contributed by atoms with Crippen LogP contribution in [0.2, 0.25) is 5.02 Å². The lowest BCUT2D eigenvalue weighted by molar-refractivity contribution is -0.142. The highest BCUT2D eigenvalue weighted by molar-refractivity contribution is 6.31. The maximum Gasteiger partial charge on any atom is 0.321 e. The van der Waals surface area contributed by atoms with Gasteiger partial charge in [0.05, 0.1) is 0 Å². The van der Waals surface area contributed by atoms with Crippen LogP contribution in [0.25, 0.3) is 0 Å². The molecule has 0 spiro atoms. The standard InChI is InChI=1S/C13H16ClNO2/c14-11-6-2-1-5-10(11)9-12(13(16)17)15-7-3-4-8-15/h1-2,5-6,12H,3-4,7-9H2,(H,16,17)/t12-/m0/s1. The maximum atomic E-state index is 11.3. The van der Waals surface area contributed by atoms with E-state index in [2.05, 4.69) is 0 Å². The number of likely N-dealkylation sites (tertiary alicyclic amines) is 1. The van der Waals surface area contributed by atoms with E-state index in [1.54, 1.807) is 6.07 Å². The van der Waals surface area contributed by atoms with Crippen LogP contribution in [0.5, 0.6) is 0 Å². The van der Waals surface area contributed by atoms with E-state index in [1.807, 2.05) is 23.1 Å². The van der Waals surface area contributed by atoms with Crippen LogP contribution in [-0.4, -0.2) is 35.1 Å². The van der Waals surface area contributed by atoms with Crippen molar-refractivity contribution in [3.63, 3.8) is 0 Å². The molecule has 1 aromatic rings. The topological polar surface area (TPSA) is 40.5 Å². The molecule has 0 saturated carbocycles. The Hall–Kier alpha value is -1.06. The number of carboxylic acid groups (broad SMARTS) is 1. The molecule has 1 atom stereocenters. The second-order valence-corrected chi connectivity index (χ2v) is 4.80. The number of benzene rings is 1. The van der Waals surface area contributed by atoms with Crippen LogP contribution < -0.4 is 0 Å². The van der Waals surface area contributed by atoms with Gasteiger partial charge < -0.3 is 5.11 Å². The van der Waals surface area contributed by atoms with Crippen molar-refractivity contribution in [3.05, 3.63) is 34.9 Å². The average Bonchev–Trinajstić information content (AvgIpc) is 2.81. The highest BCUT2D eigenvalue weighted by Crippen LogP contribution is 2.21. The smallest absolute Gasteiger partial charge is 0.321 e. The van der Waals surface area contributed by atoms with Crippen molar-refractivity contribution in [2.75, 3.05) is 13.1 Å². The summed E-state index contributed by atoms with van der Waals surface area (Å²) in [4.78, 5) is 13.4. The molecule has 0 aromatic heterocycles. The summed E-state index contributed by atoms with van der Waals surface area (Å²) in [6.07, 6.45) is 2.66. The minimum atomic E-state index is -0.758. The largest absolute Gasteiger partial charge is 0.480 e. The molecule has 2 rings (SSSR count). The van der Waals surface area contributed by atoms with Crippen LogP contribution in [0, 0.1) is 0 Å². The van der Waals surface area contributed by atoms with E-state index in [4.69, 9.17) is 11.6 Å². The Morgan fingerprint density at radius 1 is 1.35 bits per heavy atom. The molecule has 1 aromatic carbocycles. The fraction of sp³-hybridized carbons (Fsp3) is 0.462. The first-order valence-corrected chi connectivity index (χ1v) is 6.26. The predicted octanol–water partition coefficient (Wildman–Crippen LogP) is 2.43. The van der Waals surface area contributed by atoms with Gasteiger partial charge in [0.2, 0.25) is 0 Å². The molecule has 0 unspecified atom stereocenters. The van der Waals surface area contributed by atoms with Crippen molar-refractivity contribution in [1.29, 1.82) is 0 Å². The lowest BCUT2D eigenvalue weighted by atomic mass is 10.0. The minimum Gasteiger partial charge on any atom is -0.480 e. The summed E-state index contributed by atoms with van der Waals surface area (Å²) in [5.74, 6) is -0.758. The molecule has 4 heteroatoms. The summed E-state index contributed by atoms with van der Waals surface area (Å²) in [7, 11) is 0. The molecule has 92 valence electrons. The van der Waals surface area contributed by atoms with Gasteiger partial charge in [0.1, 0.15) is 6.04 Å². The highest BCUT2D eigenvalue weighted by atomic mass is 35.5. The first kappa shape index (κ1) is 12.4. The second kappa shape index (κ2) is 5.52. The molecule has 0 aliphatic carbocycles. The molecule has 3 nitrogen and oxygen atoms in total. The Balaban J connectivity index is 2.12. The highest BCUT2D eigenvalue weighted by Gasteiger charge is 2.28. The van der Waals surface area contributed by atoms with Gasteiger partial charge in [-0.15, -0.1) is 0 Å². The zero-order chi connectivity index (χ0) is 12.3. The zero-order valence-corrected chi connectivity index (χ0v) is 10.4. The number of nitrogens with zero attached hydrogens (tertiary/aromatic N) is 1. The Morgan fingerprint density at radius 2 is 2.00 bits per heavy atom. The van der Waals surface area contributed by atoms with Crippen LogP contribution in [0.15, 0.2) is 24.3 Å². The fourth-order valence-corrected chi connectivity index (χ4v) is 2.51. The Kier molecular flexibility index (Phi) is 4.02. The van der Waals surface area contributed by atoms with Gasteiger partial charge in [0.15, 0.2) is 0 Å². The van der Waals surface area contributed by atoms with E-state index in [1.165, 1.54) is 0 Å². The first-order chi connectivity index (χ1) is 8.18. The molecule has 0 radical (unpaired) electrons. The van der Waals surface area contributed by atoms with Gasteiger partial charge in [-0.05, 0) is 37.6 Å². The summed E-state index contributed by atoms with van der Waals surface area (Å²) in [5, 5.41) is 9.95. The molecule has 1 fully saturated rings. The van der Waals surface area contributed by atoms with E-state index >= 15 is 0 Å². The fourth-order valence-electron chi connectivity index (χ4n) is 2.30.